The summed E-state index contributed by atoms with van der Waals surface area (Å²) in [4.78, 5) is 30.6. The van der Waals surface area contributed by atoms with E-state index in [-0.39, 0.29) is 17.9 Å². The standard InChI is InChI=1S/C19H21N3O2/c1-14(23)21-17-9-3-2-8-16(17)19(24)22-12-5-4-10-18(22)15-7-6-11-20-13-15/h2-3,6-9,11,13,18H,4-5,10,12H2,1H3,(H,21,23). The molecular formula is C19H21N3O2. The highest BCUT2D eigenvalue weighted by atomic mass is 16.2. The number of aromatic nitrogens is 1. The van der Waals surface area contributed by atoms with E-state index in [4.69, 9.17) is 0 Å². The summed E-state index contributed by atoms with van der Waals surface area (Å²) in [6.07, 6.45) is 6.59. The monoisotopic (exact) mass is 323 g/mol. The molecule has 5 nitrogen and oxygen atoms in total. The van der Waals surface area contributed by atoms with Crippen molar-refractivity contribution in [1.82, 2.24) is 9.88 Å². The molecule has 1 aliphatic heterocycles. The lowest BCUT2D eigenvalue weighted by molar-refractivity contribution is -0.114. The molecule has 1 aliphatic rings. The highest BCUT2D eigenvalue weighted by Crippen LogP contribution is 2.32. The van der Waals surface area contributed by atoms with Gasteiger partial charge >= 0.3 is 0 Å². The summed E-state index contributed by atoms with van der Waals surface area (Å²) in [7, 11) is 0. The van der Waals surface area contributed by atoms with Gasteiger partial charge in [-0.15, -0.1) is 0 Å². The third kappa shape index (κ3) is 3.45. The minimum atomic E-state index is -0.183. The van der Waals surface area contributed by atoms with Crippen LogP contribution < -0.4 is 5.32 Å². The van der Waals surface area contributed by atoms with Gasteiger partial charge < -0.3 is 10.2 Å². The van der Waals surface area contributed by atoms with E-state index < -0.39 is 0 Å². The predicted molar refractivity (Wildman–Crippen MR) is 92.6 cm³/mol. The van der Waals surface area contributed by atoms with E-state index in [1.807, 2.05) is 35.4 Å². The van der Waals surface area contributed by atoms with Gasteiger partial charge in [-0.25, -0.2) is 0 Å². The van der Waals surface area contributed by atoms with Crippen LogP contribution in [0.2, 0.25) is 0 Å². The summed E-state index contributed by atoms with van der Waals surface area (Å²) in [6.45, 7) is 2.16. The van der Waals surface area contributed by atoms with Gasteiger partial charge in [-0.1, -0.05) is 18.2 Å². The van der Waals surface area contributed by atoms with E-state index in [0.717, 1.165) is 24.8 Å². The second-order valence-corrected chi connectivity index (χ2v) is 6.02. The molecule has 24 heavy (non-hydrogen) atoms. The molecule has 0 bridgehead atoms. The van der Waals surface area contributed by atoms with Crippen LogP contribution in [0.4, 0.5) is 5.69 Å². The van der Waals surface area contributed by atoms with E-state index in [1.54, 1.807) is 18.3 Å². The van der Waals surface area contributed by atoms with Crippen LogP contribution in [0, 0.1) is 0 Å². The number of likely N-dealkylation sites (tertiary alicyclic amines) is 1. The molecule has 1 fully saturated rings. The molecule has 1 aromatic carbocycles. The summed E-state index contributed by atoms with van der Waals surface area (Å²) in [5, 5.41) is 2.75. The fourth-order valence-corrected chi connectivity index (χ4v) is 3.22. The number of piperidine rings is 1. The topological polar surface area (TPSA) is 62.3 Å². The predicted octanol–water partition coefficient (Wildman–Crippen LogP) is 3.41. The molecule has 1 saturated heterocycles. The van der Waals surface area contributed by atoms with Crippen LogP contribution in [0.15, 0.2) is 48.8 Å². The highest BCUT2D eigenvalue weighted by Gasteiger charge is 2.29. The highest BCUT2D eigenvalue weighted by molar-refractivity contribution is 6.03. The fourth-order valence-electron chi connectivity index (χ4n) is 3.22. The van der Waals surface area contributed by atoms with Gasteiger partial charge in [0, 0.05) is 25.9 Å². The molecule has 5 heteroatoms. The molecule has 2 amide bonds. The Labute approximate surface area is 141 Å². The number of pyridine rings is 1. The maximum atomic E-state index is 13.1. The van der Waals surface area contributed by atoms with Gasteiger partial charge in [0.15, 0.2) is 0 Å². The SMILES string of the molecule is CC(=O)Nc1ccccc1C(=O)N1CCCCC1c1cccnc1. The minimum absolute atomic E-state index is 0.0327. The van der Waals surface area contributed by atoms with Crippen molar-refractivity contribution in [2.45, 2.75) is 32.2 Å². The number of anilines is 1. The average Bonchev–Trinajstić information content (AvgIpc) is 2.62. The molecule has 3 rings (SSSR count). The third-order valence-corrected chi connectivity index (χ3v) is 4.30. The summed E-state index contributed by atoms with van der Waals surface area (Å²) in [6, 6.07) is 11.1. The van der Waals surface area contributed by atoms with Crippen molar-refractivity contribution < 1.29 is 9.59 Å². The zero-order chi connectivity index (χ0) is 16.9. The molecule has 0 spiro atoms. The number of hydrogen-bond acceptors (Lipinski definition) is 3. The largest absolute Gasteiger partial charge is 0.331 e. The third-order valence-electron chi connectivity index (χ3n) is 4.30. The van der Waals surface area contributed by atoms with E-state index in [1.165, 1.54) is 6.92 Å². The Morgan fingerprint density at radius 2 is 2.00 bits per heavy atom. The number of carbonyl (C=O) groups is 2. The van der Waals surface area contributed by atoms with Gasteiger partial charge in [-0.3, -0.25) is 14.6 Å². The van der Waals surface area contributed by atoms with E-state index >= 15 is 0 Å². The number of nitrogens with zero attached hydrogens (tertiary/aromatic N) is 2. The van der Waals surface area contributed by atoms with E-state index in [0.29, 0.717) is 17.8 Å². The van der Waals surface area contributed by atoms with Crippen LogP contribution in [0.25, 0.3) is 0 Å². The summed E-state index contributed by atoms with van der Waals surface area (Å²) < 4.78 is 0. The number of amides is 2. The number of benzene rings is 1. The molecule has 2 aromatic rings. The Morgan fingerprint density at radius 3 is 2.75 bits per heavy atom. The quantitative estimate of drug-likeness (QED) is 0.941. The van der Waals surface area contributed by atoms with Crippen LogP contribution in [0.3, 0.4) is 0 Å². The summed E-state index contributed by atoms with van der Waals surface area (Å²) in [5.74, 6) is -0.231. The Balaban J connectivity index is 1.91. The van der Waals surface area contributed by atoms with Crippen molar-refractivity contribution in [2.75, 3.05) is 11.9 Å². The summed E-state index contributed by atoms with van der Waals surface area (Å²) in [5.41, 5.74) is 2.15. The molecule has 1 N–H and O–H groups in total. The second-order valence-electron chi connectivity index (χ2n) is 6.02. The van der Waals surface area contributed by atoms with Crippen LogP contribution in [-0.2, 0) is 4.79 Å². The first-order valence-corrected chi connectivity index (χ1v) is 8.24. The van der Waals surface area contributed by atoms with E-state index in [2.05, 4.69) is 10.3 Å². The first-order valence-electron chi connectivity index (χ1n) is 8.24. The first kappa shape index (κ1) is 16.2. The molecule has 0 radical (unpaired) electrons. The van der Waals surface area contributed by atoms with Gasteiger partial charge in [-0.2, -0.15) is 0 Å². The van der Waals surface area contributed by atoms with E-state index in [9.17, 15) is 9.59 Å². The number of hydrogen-bond donors (Lipinski definition) is 1. The fraction of sp³-hybridized carbons (Fsp3) is 0.316. The van der Waals surface area contributed by atoms with Crippen molar-refractivity contribution >= 4 is 17.5 Å². The lowest BCUT2D eigenvalue weighted by Gasteiger charge is -2.36. The lowest BCUT2D eigenvalue weighted by Crippen LogP contribution is -2.38. The van der Waals surface area contributed by atoms with Crippen molar-refractivity contribution in [3.05, 3.63) is 59.9 Å². The van der Waals surface area contributed by atoms with Crippen molar-refractivity contribution in [3.8, 4) is 0 Å². The van der Waals surface area contributed by atoms with Crippen LogP contribution in [-0.4, -0.2) is 28.2 Å². The van der Waals surface area contributed by atoms with Gasteiger partial charge in [-0.05, 0) is 43.0 Å². The van der Waals surface area contributed by atoms with Gasteiger partial charge in [0.05, 0.1) is 17.3 Å². The maximum Gasteiger partial charge on any atom is 0.256 e. The molecular weight excluding hydrogens is 302 g/mol. The number of para-hydroxylation sites is 1. The normalized spacial score (nSPS) is 17.4. The molecule has 1 aromatic heterocycles. The summed E-state index contributed by atoms with van der Waals surface area (Å²) >= 11 is 0. The van der Waals surface area contributed by atoms with Crippen LogP contribution >= 0.6 is 0 Å². The first-order chi connectivity index (χ1) is 11.7. The zero-order valence-electron chi connectivity index (χ0n) is 13.7. The smallest absolute Gasteiger partial charge is 0.256 e. The number of nitrogens with one attached hydrogen (secondary N) is 1. The van der Waals surface area contributed by atoms with Crippen molar-refractivity contribution in [2.24, 2.45) is 0 Å². The van der Waals surface area contributed by atoms with Gasteiger partial charge in [0.25, 0.3) is 5.91 Å². The molecule has 0 saturated carbocycles. The van der Waals surface area contributed by atoms with Crippen molar-refractivity contribution in [3.63, 3.8) is 0 Å². The Morgan fingerprint density at radius 1 is 1.17 bits per heavy atom. The van der Waals surface area contributed by atoms with Crippen LogP contribution in [0.1, 0.15) is 48.1 Å². The lowest BCUT2D eigenvalue weighted by atomic mass is 9.95. The Hall–Kier alpha value is -2.69. The second kappa shape index (κ2) is 7.25. The minimum Gasteiger partial charge on any atom is -0.331 e. The molecule has 2 heterocycles. The molecule has 0 aliphatic carbocycles. The average molecular weight is 323 g/mol. The maximum absolute atomic E-state index is 13.1. The van der Waals surface area contributed by atoms with Gasteiger partial charge in [0.1, 0.15) is 0 Å². The van der Waals surface area contributed by atoms with Crippen molar-refractivity contribution in [1.29, 1.82) is 0 Å². The Bertz CT molecular complexity index is 730. The molecule has 124 valence electrons. The zero-order valence-corrected chi connectivity index (χ0v) is 13.7. The molecule has 1 atom stereocenters. The number of rotatable bonds is 3. The van der Waals surface area contributed by atoms with Crippen LogP contribution in [0.5, 0.6) is 0 Å². The van der Waals surface area contributed by atoms with Gasteiger partial charge in [0.2, 0.25) is 5.91 Å². The number of carbonyl (C=O) groups excluding carboxylic acids is 2. The molecule has 1 unspecified atom stereocenters. The Kier molecular flexibility index (Phi) is 4.89.